The smallest absolute Gasteiger partial charge is 0.112 e. The second-order valence-electron chi connectivity index (χ2n) is 5.02. The zero-order valence-electron chi connectivity index (χ0n) is 9.15. The van der Waals surface area contributed by atoms with Crippen molar-refractivity contribution in [2.75, 3.05) is 0 Å². The van der Waals surface area contributed by atoms with Crippen LogP contribution in [0, 0.1) is 0 Å². The lowest BCUT2D eigenvalue weighted by molar-refractivity contribution is 0.198. The lowest BCUT2D eigenvalue weighted by Crippen LogP contribution is -2.22. The summed E-state index contributed by atoms with van der Waals surface area (Å²) in [5.74, 6) is 0. The fourth-order valence-electron chi connectivity index (χ4n) is 2.85. The Balaban J connectivity index is 1.76. The molecule has 0 amide bonds. The molecule has 0 unspecified atom stereocenters. The largest absolute Gasteiger partial charge is 0.361 e. The summed E-state index contributed by atoms with van der Waals surface area (Å²) in [5.41, 5.74) is 1.61. The second-order valence-corrected chi connectivity index (χ2v) is 5.02. The van der Waals surface area contributed by atoms with Crippen LogP contribution in [0.2, 0.25) is 0 Å². The number of hydrogen-bond acceptors (Lipinski definition) is 1. The van der Waals surface area contributed by atoms with Gasteiger partial charge in [-0.15, -0.1) is 0 Å². The molecule has 1 aliphatic carbocycles. The van der Waals surface area contributed by atoms with Gasteiger partial charge in [0.1, 0.15) is 6.10 Å². The van der Waals surface area contributed by atoms with Crippen molar-refractivity contribution in [1.82, 2.24) is 0 Å². The maximum Gasteiger partial charge on any atom is 0.112 e. The number of benzene rings is 2. The summed E-state index contributed by atoms with van der Waals surface area (Å²) >= 11 is 0. The minimum absolute atomic E-state index is 0.252. The van der Waals surface area contributed by atoms with Gasteiger partial charge in [-0.1, -0.05) is 36.4 Å². The molecular weight excluding hydrogens is 196 g/mol. The van der Waals surface area contributed by atoms with Crippen LogP contribution in [0.25, 0.3) is 10.8 Å². The van der Waals surface area contributed by atoms with Crippen LogP contribution in [-0.2, 0) is 4.74 Å². The fraction of sp³-hybridized carbons (Fsp3) is 0.333. The van der Waals surface area contributed by atoms with Crippen molar-refractivity contribution in [3.05, 3.63) is 48.0 Å². The first-order chi connectivity index (χ1) is 7.87. The lowest BCUT2D eigenvalue weighted by Gasteiger charge is -2.21. The summed E-state index contributed by atoms with van der Waals surface area (Å²) in [6.45, 7) is 0. The van der Waals surface area contributed by atoms with Crippen LogP contribution in [0.1, 0.15) is 30.9 Å². The van der Waals surface area contributed by atoms with Crippen LogP contribution in [-0.4, -0.2) is 5.60 Å². The molecule has 0 bridgehead atoms. The second kappa shape index (κ2) is 2.86. The van der Waals surface area contributed by atoms with Crippen molar-refractivity contribution < 1.29 is 4.74 Å². The Kier molecular flexibility index (Phi) is 1.57. The van der Waals surface area contributed by atoms with Crippen molar-refractivity contribution in [1.29, 1.82) is 0 Å². The number of epoxide rings is 1. The molecule has 80 valence electrons. The zero-order valence-corrected chi connectivity index (χ0v) is 9.15. The molecule has 1 aliphatic heterocycles. The molecule has 1 saturated heterocycles. The van der Waals surface area contributed by atoms with Gasteiger partial charge >= 0.3 is 0 Å². The third kappa shape index (κ3) is 1.09. The Bertz CT molecular complexity index is 554. The molecule has 0 radical (unpaired) electrons. The van der Waals surface area contributed by atoms with Gasteiger partial charge in [0.25, 0.3) is 0 Å². The molecule has 0 aromatic heterocycles. The summed E-state index contributed by atoms with van der Waals surface area (Å²) in [5, 5.41) is 2.64. The molecule has 4 rings (SSSR count). The number of rotatable bonds is 1. The van der Waals surface area contributed by atoms with E-state index in [0.29, 0.717) is 6.10 Å². The van der Waals surface area contributed by atoms with Crippen LogP contribution in [0.5, 0.6) is 0 Å². The highest BCUT2D eigenvalue weighted by Crippen LogP contribution is 2.61. The molecule has 1 atom stereocenters. The molecule has 2 fully saturated rings. The molecule has 1 nitrogen and oxygen atoms in total. The average Bonchev–Trinajstić information content (AvgIpc) is 3.04. The maximum absolute atomic E-state index is 5.88. The van der Waals surface area contributed by atoms with E-state index in [4.69, 9.17) is 4.74 Å². The van der Waals surface area contributed by atoms with Gasteiger partial charge in [-0.25, -0.2) is 0 Å². The van der Waals surface area contributed by atoms with E-state index in [9.17, 15) is 0 Å². The Hall–Kier alpha value is -1.34. The monoisotopic (exact) mass is 210 g/mol. The Morgan fingerprint density at radius 1 is 1.00 bits per heavy atom. The van der Waals surface area contributed by atoms with E-state index in [0.717, 1.165) is 0 Å². The molecule has 2 aromatic carbocycles. The minimum Gasteiger partial charge on any atom is -0.361 e. The van der Waals surface area contributed by atoms with Crippen molar-refractivity contribution in [2.45, 2.75) is 31.0 Å². The average molecular weight is 210 g/mol. The van der Waals surface area contributed by atoms with Gasteiger partial charge in [0.15, 0.2) is 0 Å². The van der Waals surface area contributed by atoms with E-state index >= 15 is 0 Å². The van der Waals surface area contributed by atoms with Gasteiger partial charge in [0, 0.05) is 0 Å². The zero-order chi connectivity index (χ0) is 10.6. The van der Waals surface area contributed by atoms with Gasteiger partial charge in [-0.05, 0) is 41.7 Å². The SMILES string of the molecule is c1ccc2cc([C@H]3OC34CCC4)ccc2c1. The van der Waals surface area contributed by atoms with Crippen LogP contribution in [0.15, 0.2) is 42.5 Å². The van der Waals surface area contributed by atoms with Crippen molar-refractivity contribution in [3.63, 3.8) is 0 Å². The first-order valence-corrected chi connectivity index (χ1v) is 6.04. The standard InChI is InChI=1S/C15H14O/c1-2-5-12-10-13(7-6-11(12)4-1)14-15(16-14)8-3-9-15/h1-2,4-7,10,14H,3,8-9H2/t14-/m1/s1. The predicted molar refractivity (Wildman–Crippen MR) is 64.4 cm³/mol. The third-order valence-electron chi connectivity index (χ3n) is 4.05. The number of ether oxygens (including phenoxy) is 1. The molecule has 1 heterocycles. The highest BCUT2D eigenvalue weighted by molar-refractivity contribution is 5.83. The quantitative estimate of drug-likeness (QED) is 0.651. The molecule has 1 spiro atoms. The fourth-order valence-corrected chi connectivity index (χ4v) is 2.85. The van der Waals surface area contributed by atoms with E-state index in [1.165, 1.54) is 35.6 Å². The van der Waals surface area contributed by atoms with Gasteiger partial charge < -0.3 is 4.74 Å². The van der Waals surface area contributed by atoms with Crippen LogP contribution < -0.4 is 0 Å². The molecular formula is C15H14O. The highest BCUT2D eigenvalue weighted by atomic mass is 16.6. The minimum atomic E-state index is 0.252. The van der Waals surface area contributed by atoms with Crippen LogP contribution >= 0.6 is 0 Å². The number of hydrogen-bond donors (Lipinski definition) is 0. The van der Waals surface area contributed by atoms with Crippen molar-refractivity contribution in [2.24, 2.45) is 0 Å². The van der Waals surface area contributed by atoms with E-state index in [1.54, 1.807) is 0 Å². The van der Waals surface area contributed by atoms with Gasteiger partial charge in [-0.2, -0.15) is 0 Å². The molecule has 1 heteroatoms. The third-order valence-corrected chi connectivity index (χ3v) is 4.05. The summed E-state index contributed by atoms with van der Waals surface area (Å²) < 4.78 is 5.88. The molecule has 1 saturated carbocycles. The summed E-state index contributed by atoms with van der Waals surface area (Å²) in [6, 6.07) is 15.2. The molecule has 2 aliphatic rings. The van der Waals surface area contributed by atoms with E-state index in [1.807, 2.05) is 0 Å². The highest BCUT2D eigenvalue weighted by Gasteiger charge is 2.60. The molecule has 0 N–H and O–H groups in total. The van der Waals surface area contributed by atoms with Gasteiger partial charge in [0.2, 0.25) is 0 Å². The first kappa shape index (κ1) is 8.77. The summed E-state index contributed by atoms with van der Waals surface area (Å²) in [7, 11) is 0. The van der Waals surface area contributed by atoms with Crippen molar-refractivity contribution in [3.8, 4) is 0 Å². The molecule has 16 heavy (non-hydrogen) atoms. The van der Waals surface area contributed by atoms with E-state index in [-0.39, 0.29) is 5.60 Å². The Morgan fingerprint density at radius 2 is 1.81 bits per heavy atom. The normalized spacial score (nSPS) is 25.6. The Morgan fingerprint density at radius 3 is 2.50 bits per heavy atom. The van der Waals surface area contributed by atoms with Crippen LogP contribution in [0.4, 0.5) is 0 Å². The van der Waals surface area contributed by atoms with Gasteiger partial charge in [0.05, 0.1) is 5.60 Å². The summed E-state index contributed by atoms with van der Waals surface area (Å²) in [4.78, 5) is 0. The van der Waals surface area contributed by atoms with Crippen molar-refractivity contribution >= 4 is 10.8 Å². The maximum atomic E-state index is 5.88. The van der Waals surface area contributed by atoms with Crippen LogP contribution in [0.3, 0.4) is 0 Å². The van der Waals surface area contributed by atoms with E-state index in [2.05, 4.69) is 42.5 Å². The lowest BCUT2D eigenvalue weighted by atomic mass is 9.80. The van der Waals surface area contributed by atoms with E-state index < -0.39 is 0 Å². The topological polar surface area (TPSA) is 12.5 Å². The first-order valence-electron chi connectivity index (χ1n) is 6.04. The predicted octanol–water partition coefficient (Wildman–Crippen LogP) is 3.83. The summed E-state index contributed by atoms with van der Waals surface area (Å²) in [6.07, 6.45) is 4.23. The molecule has 2 aromatic rings. The number of fused-ring (bicyclic) bond motifs is 1. The van der Waals surface area contributed by atoms with Gasteiger partial charge in [-0.3, -0.25) is 0 Å². The Labute approximate surface area is 95.0 Å².